The molecule has 1 aliphatic heterocycles. The predicted octanol–water partition coefficient (Wildman–Crippen LogP) is 3.45. The number of halogens is 3. The van der Waals surface area contributed by atoms with Gasteiger partial charge in [0, 0.05) is 6.42 Å². The summed E-state index contributed by atoms with van der Waals surface area (Å²) in [7, 11) is 0. The van der Waals surface area contributed by atoms with Crippen LogP contribution in [0.4, 0.5) is 18.0 Å². The van der Waals surface area contributed by atoms with Gasteiger partial charge in [-0.1, -0.05) is 26.7 Å². The molecule has 2 unspecified atom stereocenters. The maximum absolute atomic E-state index is 12.9. The van der Waals surface area contributed by atoms with Crippen LogP contribution in [0.25, 0.3) is 0 Å². The van der Waals surface area contributed by atoms with Crippen molar-refractivity contribution in [2.45, 2.75) is 58.2 Å². The minimum Gasteiger partial charge on any atom is -0.481 e. The van der Waals surface area contributed by atoms with Crippen molar-refractivity contribution < 1.29 is 37.4 Å². The molecule has 1 N–H and O–H groups in total. The van der Waals surface area contributed by atoms with Gasteiger partial charge in [-0.25, -0.2) is 9.69 Å². The molecule has 6 nitrogen and oxygen atoms in total. The first-order valence-corrected chi connectivity index (χ1v) is 8.80. The predicted molar refractivity (Wildman–Crippen MR) is 84.1 cm³/mol. The number of hydrogen-bond acceptors (Lipinski definition) is 4. The van der Waals surface area contributed by atoms with Gasteiger partial charge in [0.15, 0.2) is 0 Å². The molecule has 2 fully saturated rings. The Kier molecular flexibility index (Phi) is 6.18. The Balaban J connectivity index is 2.26. The number of aliphatic carboxylic acids is 1. The highest BCUT2D eigenvalue weighted by atomic mass is 19.4. The third-order valence-electron chi connectivity index (χ3n) is 5.06. The fourth-order valence-electron chi connectivity index (χ4n) is 3.32. The fraction of sp³-hybridized carbons (Fsp3) is 0.824. The van der Waals surface area contributed by atoms with Crippen LogP contribution >= 0.6 is 0 Å². The summed E-state index contributed by atoms with van der Waals surface area (Å²) in [5, 5.41) is 9.51. The number of rotatable bonds is 8. The van der Waals surface area contributed by atoms with E-state index in [-0.39, 0.29) is 24.9 Å². The minimum atomic E-state index is -4.51. The lowest BCUT2D eigenvalue weighted by Crippen LogP contribution is -2.47. The quantitative estimate of drug-likeness (QED) is 0.698. The van der Waals surface area contributed by atoms with Gasteiger partial charge in [-0.05, 0) is 24.7 Å². The van der Waals surface area contributed by atoms with Crippen LogP contribution in [-0.4, -0.2) is 46.8 Å². The van der Waals surface area contributed by atoms with Gasteiger partial charge in [0.2, 0.25) is 5.91 Å². The van der Waals surface area contributed by atoms with Crippen LogP contribution in [0.1, 0.15) is 46.0 Å². The van der Waals surface area contributed by atoms with E-state index in [0.717, 1.165) is 17.7 Å². The third-order valence-corrected chi connectivity index (χ3v) is 5.06. The van der Waals surface area contributed by atoms with Crippen LogP contribution in [0.2, 0.25) is 0 Å². The van der Waals surface area contributed by atoms with E-state index in [0.29, 0.717) is 0 Å². The van der Waals surface area contributed by atoms with Crippen molar-refractivity contribution >= 4 is 18.0 Å². The highest BCUT2D eigenvalue weighted by molar-refractivity contribution is 5.96. The molecular formula is C17H24F3NO5. The largest absolute Gasteiger partial charge is 0.481 e. The number of cyclic esters (lactones) is 1. The zero-order valence-corrected chi connectivity index (χ0v) is 14.8. The average molecular weight is 379 g/mol. The highest BCUT2D eigenvalue weighted by Gasteiger charge is 2.47. The SMILES string of the molecule is CC(C)[C@H]1COC(=O)N1C(=O)C(CCC(F)(F)F)C(CC1CC1)C(=O)O. The molecule has 1 aliphatic carbocycles. The lowest BCUT2D eigenvalue weighted by atomic mass is 9.83. The number of carboxylic acids is 1. The summed E-state index contributed by atoms with van der Waals surface area (Å²) in [6, 6.07) is -0.598. The van der Waals surface area contributed by atoms with Crippen LogP contribution in [0.15, 0.2) is 0 Å². The van der Waals surface area contributed by atoms with E-state index < -0.39 is 54.9 Å². The number of amides is 2. The summed E-state index contributed by atoms with van der Waals surface area (Å²) in [5.41, 5.74) is 0. The zero-order valence-electron chi connectivity index (χ0n) is 14.8. The first kappa shape index (κ1) is 20.5. The van der Waals surface area contributed by atoms with Crippen molar-refractivity contribution in [3.05, 3.63) is 0 Å². The molecule has 148 valence electrons. The van der Waals surface area contributed by atoms with Crippen LogP contribution in [0.3, 0.4) is 0 Å². The van der Waals surface area contributed by atoms with E-state index in [9.17, 15) is 32.7 Å². The number of hydrogen-bond donors (Lipinski definition) is 1. The number of ether oxygens (including phenoxy) is 1. The van der Waals surface area contributed by atoms with Gasteiger partial charge in [0.1, 0.15) is 6.61 Å². The van der Waals surface area contributed by atoms with Gasteiger partial charge in [-0.15, -0.1) is 0 Å². The molecule has 2 aliphatic rings. The molecular weight excluding hydrogens is 355 g/mol. The Morgan fingerprint density at radius 1 is 1.27 bits per heavy atom. The maximum Gasteiger partial charge on any atom is 0.416 e. The van der Waals surface area contributed by atoms with Crippen molar-refractivity contribution in [1.82, 2.24) is 4.90 Å². The molecule has 0 aromatic carbocycles. The van der Waals surface area contributed by atoms with Gasteiger partial charge in [-0.3, -0.25) is 9.59 Å². The Morgan fingerprint density at radius 2 is 1.88 bits per heavy atom. The van der Waals surface area contributed by atoms with Crippen LogP contribution in [-0.2, 0) is 14.3 Å². The molecule has 2 amide bonds. The molecule has 0 bridgehead atoms. The van der Waals surface area contributed by atoms with Gasteiger partial charge >= 0.3 is 18.2 Å². The lowest BCUT2D eigenvalue weighted by Gasteiger charge is -2.30. The Bertz CT molecular complexity index is 559. The summed E-state index contributed by atoms with van der Waals surface area (Å²) in [6.07, 6.45) is -5.58. The van der Waals surface area contributed by atoms with Gasteiger partial charge < -0.3 is 9.84 Å². The fourth-order valence-corrected chi connectivity index (χ4v) is 3.32. The van der Waals surface area contributed by atoms with Crippen LogP contribution in [0.5, 0.6) is 0 Å². The monoisotopic (exact) mass is 379 g/mol. The number of carbonyl (C=O) groups excluding carboxylic acids is 2. The lowest BCUT2D eigenvalue weighted by molar-refractivity contribution is -0.156. The first-order chi connectivity index (χ1) is 12.0. The standard InChI is InChI=1S/C17H24F3NO5/c1-9(2)13-8-26-16(25)21(13)14(22)11(5-6-17(18,19)20)12(15(23)24)7-10-3-4-10/h9-13H,3-8H2,1-2H3,(H,23,24)/t11?,12?,13-/m1/s1. The molecule has 0 aromatic rings. The van der Waals surface area contributed by atoms with Gasteiger partial charge in [-0.2, -0.15) is 13.2 Å². The average Bonchev–Trinajstić information content (AvgIpc) is 3.24. The Labute approximate surface area is 149 Å². The molecule has 9 heteroatoms. The van der Waals surface area contributed by atoms with Gasteiger partial charge in [0.25, 0.3) is 0 Å². The van der Waals surface area contributed by atoms with E-state index in [1.165, 1.54) is 0 Å². The Morgan fingerprint density at radius 3 is 2.35 bits per heavy atom. The molecule has 2 rings (SSSR count). The zero-order chi connectivity index (χ0) is 19.6. The van der Waals surface area contributed by atoms with E-state index in [2.05, 4.69) is 0 Å². The summed E-state index contributed by atoms with van der Waals surface area (Å²) in [5.74, 6) is -4.85. The third kappa shape index (κ3) is 5.11. The van der Waals surface area contributed by atoms with Crippen LogP contribution < -0.4 is 0 Å². The molecule has 1 heterocycles. The molecule has 0 aromatic heterocycles. The normalized spacial score (nSPS) is 23.1. The topological polar surface area (TPSA) is 83.9 Å². The van der Waals surface area contributed by atoms with E-state index in [1.807, 2.05) is 0 Å². The van der Waals surface area contributed by atoms with E-state index in [4.69, 9.17) is 4.74 Å². The second-order valence-corrected chi connectivity index (χ2v) is 7.48. The second kappa shape index (κ2) is 7.84. The Hall–Kier alpha value is -1.80. The van der Waals surface area contributed by atoms with Crippen molar-refractivity contribution in [1.29, 1.82) is 0 Å². The van der Waals surface area contributed by atoms with Crippen molar-refractivity contribution in [3.63, 3.8) is 0 Å². The second-order valence-electron chi connectivity index (χ2n) is 7.48. The maximum atomic E-state index is 12.9. The van der Waals surface area contributed by atoms with Crippen molar-refractivity contribution in [3.8, 4) is 0 Å². The number of carbonyl (C=O) groups is 3. The van der Waals surface area contributed by atoms with Crippen molar-refractivity contribution in [2.24, 2.45) is 23.7 Å². The summed E-state index contributed by atoms with van der Waals surface area (Å²) >= 11 is 0. The molecule has 26 heavy (non-hydrogen) atoms. The first-order valence-electron chi connectivity index (χ1n) is 8.80. The molecule has 3 atom stereocenters. The van der Waals surface area contributed by atoms with E-state index >= 15 is 0 Å². The minimum absolute atomic E-state index is 0.0331. The van der Waals surface area contributed by atoms with Crippen molar-refractivity contribution in [2.75, 3.05) is 6.61 Å². The molecule has 1 saturated carbocycles. The van der Waals surface area contributed by atoms with Crippen LogP contribution in [0, 0.1) is 23.7 Å². The number of imide groups is 1. The summed E-state index contributed by atoms with van der Waals surface area (Å²) in [4.78, 5) is 37.4. The number of nitrogens with zero attached hydrogens (tertiary/aromatic N) is 1. The van der Waals surface area contributed by atoms with E-state index in [1.54, 1.807) is 13.8 Å². The summed E-state index contributed by atoms with van der Waals surface area (Å²) in [6.45, 7) is 3.49. The summed E-state index contributed by atoms with van der Waals surface area (Å²) < 4.78 is 43.0. The molecule has 1 saturated heterocycles. The number of carboxylic acid groups (broad SMARTS) is 1. The molecule has 0 radical (unpaired) electrons. The molecule has 0 spiro atoms. The smallest absolute Gasteiger partial charge is 0.416 e. The van der Waals surface area contributed by atoms with Gasteiger partial charge in [0.05, 0.1) is 17.9 Å². The highest BCUT2D eigenvalue weighted by Crippen LogP contribution is 2.40. The number of alkyl halides is 3.